The SMILES string of the molecule is CCOC(=O)C1=C(CN2CCNCC2)NC(=O)NC1c1ccc2c(c1)c1ccccc1n2CC. The van der Waals surface area contributed by atoms with Crippen molar-refractivity contribution in [3.8, 4) is 0 Å². The Labute approximate surface area is 198 Å². The van der Waals surface area contributed by atoms with E-state index in [1.165, 1.54) is 5.52 Å². The van der Waals surface area contributed by atoms with E-state index in [1.54, 1.807) is 6.92 Å². The molecule has 3 N–H and O–H groups in total. The summed E-state index contributed by atoms with van der Waals surface area (Å²) >= 11 is 0. The first kappa shape index (κ1) is 22.4. The van der Waals surface area contributed by atoms with Crippen LogP contribution < -0.4 is 16.0 Å². The van der Waals surface area contributed by atoms with Gasteiger partial charge in [-0.1, -0.05) is 24.3 Å². The van der Waals surface area contributed by atoms with Gasteiger partial charge in [0.2, 0.25) is 0 Å². The van der Waals surface area contributed by atoms with Crippen molar-refractivity contribution in [3.63, 3.8) is 0 Å². The number of hydrogen-bond acceptors (Lipinski definition) is 5. The molecule has 2 amide bonds. The molecule has 2 aliphatic rings. The van der Waals surface area contributed by atoms with Crippen molar-refractivity contribution >= 4 is 33.8 Å². The van der Waals surface area contributed by atoms with Gasteiger partial charge >= 0.3 is 12.0 Å². The van der Waals surface area contributed by atoms with Gasteiger partial charge in [0.1, 0.15) is 0 Å². The first-order chi connectivity index (χ1) is 16.6. The second-order valence-electron chi connectivity index (χ2n) is 8.71. The fraction of sp³-hybridized carbons (Fsp3) is 0.385. The number of carbonyl (C=O) groups is 2. The van der Waals surface area contributed by atoms with Crippen LogP contribution in [0.15, 0.2) is 53.7 Å². The fourth-order valence-corrected chi connectivity index (χ4v) is 5.13. The number of hydrogen-bond donors (Lipinski definition) is 3. The van der Waals surface area contributed by atoms with Crippen LogP contribution in [-0.4, -0.2) is 60.8 Å². The third kappa shape index (κ3) is 4.03. The quantitative estimate of drug-likeness (QED) is 0.492. The lowest BCUT2D eigenvalue weighted by Gasteiger charge is -2.33. The molecular weight excluding hydrogens is 430 g/mol. The second-order valence-corrected chi connectivity index (χ2v) is 8.71. The van der Waals surface area contributed by atoms with Crippen LogP contribution in [0.25, 0.3) is 21.8 Å². The summed E-state index contributed by atoms with van der Waals surface area (Å²) < 4.78 is 7.73. The van der Waals surface area contributed by atoms with Gasteiger partial charge in [0, 0.05) is 66.8 Å². The van der Waals surface area contributed by atoms with Crippen LogP contribution in [0.1, 0.15) is 25.5 Å². The molecule has 2 aromatic carbocycles. The highest BCUT2D eigenvalue weighted by Gasteiger charge is 2.34. The van der Waals surface area contributed by atoms with Gasteiger partial charge in [-0.15, -0.1) is 0 Å². The van der Waals surface area contributed by atoms with Gasteiger partial charge in [-0.3, -0.25) is 4.90 Å². The molecule has 0 aliphatic carbocycles. The van der Waals surface area contributed by atoms with E-state index < -0.39 is 12.0 Å². The zero-order chi connectivity index (χ0) is 23.7. The number of rotatable bonds is 6. The lowest BCUT2D eigenvalue weighted by Crippen LogP contribution is -2.51. The van der Waals surface area contributed by atoms with Crippen LogP contribution in [0.5, 0.6) is 0 Å². The maximum absolute atomic E-state index is 13.2. The number of ether oxygens (including phenoxy) is 1. The molecule has 1 fully saturated rings. The molecule has 8 heteroatoms. The molecule has 1 atom stereocenters. The first-order valence-electron chi connectivity index (χ1n) is 12.0. The molecule has 1 unspecified atom stereocenters. The van der Waals surface area contributed by atoms with Crippen LogP contribution in [0.3, 0.4) is 0 Å². The van der Waals surface area contributed by atoms with Crippen LogP contribution in [-0.2, 0) is 16.1 Å². The standard InChI is InChI=1S/C26H31N5O3/c1-3-31-21-8-6-5-7-18(21)19-15-17(9-10-22(19)31)24-23(25(32)34-4-2)20(28-26(33)29-24)16-30-13-11-27-12-14-30/h5-10,15,24,27H,3-4,11-14,16H2,1-2H3,(H2,28,29,33). The Kier molecular flexibility index (Phi) is 6.26. The lowest BCUT2D eigenvalue weighted by molar-refractivity contribution is -0.139. The van der Waals surface area contributed by atoms with Crippen molar-refractivity contribution in [1.82, 2.24) is 25.4 Å². The molecule has 2 aliphatic heterocycles. The van der Waals surface area contributed by atoms with E-state index >= 15 is 0 Å². The van der Waals surface area contributed by atoms with Crippen molar-refractivity contribution in [2.75, 3.05) is 39.3 Å². The van der Waals surface area contributed by atoms with Gasteiger partial charge < -0.3 is 25.3 Å². The number of urea groups is 1. The van der Waals surface area contributed by atoms with Gasteiger partial charge in [-0.25, -0.2) is 9.59 Å². The van der Waals surface area contributed by atoms with Crippen molar-refractivity contribution in [3.05, 3.63) is 59.3 Å². The number of nitrogens with zero attached hydrogens (tertiary/aromatic N) is 2. The molecule has 1 saturated heterocycles. The monoisotopic (exact) mass is 461 g/mol. The third-order valence-corrected chi connectivity index (χ3v) is 6.69. The molecule has 8 nitrogen and oxygen atoms in total. The minimum atomic E-state index is -0.584. The molecular formula is C26H31N5O3. The number of carbonyl (C=O) groups excluding carboxylic acids is 2. The zero-order valence-electron chi connectivity index (χ0n) is 19.7. The normalized spacial score (nSPS) is 19.4. The average Bonchev–Trinajstić information content (AvgIpc) is 3.17. The number of benzene rings is 2. The number of nitrogens with one attached hydrogen (secondary N) is 3. The molecule has 0 radical (unpaired) electrons. The molecule has 0 bridgehead atoms. The van der Waals surface area contributed by atoms with E-state index in [1.807, 2.05) is 18.2 Å². The smallest absolute Gasteiger partial charge is 0.338 e. The summed E-state index contributed by atoms with van der Waals surface area (Å²) in [6, 6.07) is 13.6. The van der Waals surface area contributed by atoms with Crippen LogP contribution in [0, 0.1) is 0 Å². The van der Waals surface area contributed by atoms with Gasteiger partial charge in [0.15, 0.2) is 0 Å². The van der Waals surface area contributed by atoms with E-state index in [4.69, 9.17) is 4.74 Å². The molecule has 3 aromatic rings. The van der Waals surface area contributed by atoms with Gasteiger partial charge in [-0.05, 0) is 37.6 Å². The number of fused-ring (bicyclic) bond motifs is 3. The summed E-state index contributed by atoms with van der Waals surface area (Å²) in [6.45, 7) is 9.04. The van der Waals surface area contributed by atoms with E-state index in [0.29, 0.717) is 17.8 Å². The Bertz CT molecular complexity index is 1270. The predicted molar refractivity (Wildman–Crippen MR) is 132 cm³/mol. The minimum absolute atomic E-state index is 0.271. The lowest BCUT2D eigenvalue weighted by atomic mass is 9.93. The van der Waals surface area contributed by atoms with Crippen molar-refractivity contribution < 1.29 is 14.3 Å². The highest BCUT2D eigenvalue weighted by molar-refractivity contribution is 6.08. The molecule has 1 aromatic heterocycles. The van der Waals surface area contributed by atoms with Crippen molar-refractivity contribution in [2.45, 2.75) is 26.4 Å². The number of aromatic nitrogens is 1. The van der Waals surface area contributed by atoms with Crippen molar-refractivity contribution in [1.29, 1.82) is 0 Å². The number of para-hydroxylation sites is 1. The average molecular weight is 462 g/mol. The summed E-state index contributed by atoms with van der Waals surface area (Å²) in [7, 11) is 0. The molecule has 0 saturated carbocycles. The zero-order valence-corrected chi connectivity index (χ0v) is 19.7. The second kappa shape index (κ2) is 9.48. The van der Waals surface area contributed by atoms with Crippen LogP contribution in [0.4, 0.5) is 4.79 Å². The summed E-state index contributed by atoms with van der Waals surface area (Å²) in [5.74, 6) is -0.402. The topological polar surface area (TPSA) is 87.6 Å². The summed E-state index contributed by atoms with van der Waals surface area (Å²) in [6.07, 6.45) is 0. The predicted octanol–water partition coefficient (Wildman–Crippen LogP) is 2.89. The largest absolute Gasteiger partial charge is 0.463 e. The van der Waals surface area contributed by atoms with Crippen molar-refractivity contribution in [2.24, 2.45) is 0 Å². The molecule has 3 heterocycles. The minimum Gasteiger partial charge on any atom is -0.463 e. The number of amides is 2. The highest BCUT2D eigenvalue weighted by Crippen LogP contribution is 2.34. The van der Waals surface area contributed by atoms with Crippen LogP contribution >= 0.6 is 0 Å². The first-order valence-corrected chi connectivity index (χ1v) is 12.0. The summed E-state index contributed by atoms with van der Waals surface area (Å²) in [4.78, 5) is 28.1. The maximum Gasteiger partial charge on any atom is 0.338 e. The van der Waals surface area contributed by atoms with Gasteiger partial charge in [-0.2, -0.15) is 0 Å². The van der Waals surface area contributed by atoms with E-state index in [0.717, 1.165) is 54.6 Å². The highest BCUT2D eigenvalue weighted by atomic mass is 16.5. The number of piperazine rings is 1. The summed E-state index contributed by atoms with van der Waals surface area (Å²) in [5, 5.41) is 11.5. The molecule has 34 heavy (non-hydrogen) atoms. The fourth-order valence-electron chi connectivity index (χ4n) is 5.13. The Morgan fingerprint density at radius 2 is 1.82 bits per heavy atom. The van der Waals surface area contributed by atoms with Gasteiger partial charge in [0.25, 0.3) is 0 Å². The number of esters is 1. The van der Waals surface area contributed by atoms with E-state index in [9.17, 15) is 9.59 Å². The van der Waals surface area contributed by atoms with Gasteiger partial charge in [0.05, 0.1) is 18.2 Å². The third-order valence-electron chi connectivity index (χ3n) is 6.69. The number of aryl methyl sites for hydroxylation is 1. The Hall–Kier alpha value is -3.36. The summed E-state index contributed by atoms with van der Waals surface area (Å²) in [5.41, 5.74) is 4.26. The maximum atomic E-state index is 13.2. The Balaban J connectivity index is 1.62. The Morgan fingerprint density at radius 1 is 1.06 bits per heavy atom. The molecule has 0 spiro atoms. The van der Waals surface area contributed by atoms with Crippen LogP contribution in [0.2, 0.25) is 0 Å². The molecule has 178 valence electrons. The van der Waals surface area contributed by atoms with E-state index in [-0.39, 0.29) is 12.6 Å². The van der Waals surface area contributed by atoms with E-state index in [2.05, 4.69) is 56.6 Å². The molecule has 5 rings (SSSR count). The Morgan fingerprint density at radius 3 is 2.59 bits per heavy atom.